The summed E-state index contributed by atoms with van der Waals surface area (Å²) in [7, 11) is 0. The summed E-state index contributed by atoms with van der Waals surface area (Å²) in [5.41, 5.74) is 0. The number of aliphatic carboxylic acids is 1. The molecule has 2 N–H and O–H groups in total. The van der Waals surface area contributed by atoms with Crippen LogP contribution in [0.5, 0.6) is 0 Å². The van der Waals surface area contributed by atoms with Gasteiger partial charge in [-0.1, -0.05) is 71.1 Å². The molecule has 2 atom stereocenters. The zero-order valence-electron chi connectivity index (χ0n) is 15.0. The van der Waals surface area contributed by atoms with E-state index in [2.05, 4.69) is 6.92 Å². The number of rotatable bonds is 14. The number of unbranched alkanes of at least 4 members (excludes halogenated alkanes) is 9. The Kier molecular flexibility index (Phi) is 11.3. The van der Waals surface area contributed by atoms with Crippen LogP contribution in [0.3, 0.4) is 0 Å². The molecule has 1 aliphatic heterocycles. The highest BCUT2D eigenvalue weighted by Gasteiger charge is 2.31. The first-order valence-electron chi connectivity index (χ1n) is 9.80. The maximum Gasteiger partial charge on any atom is 0.320 e. The van der Waals surface area contributed by atoms with Crippen LogP contribution in [0.25, 0.3) is 0 Å². The average Bonchev–Trinajstić information content (AvgIpc) is 2.97. The zero-order valence-corrected chi connectivity index (χ0v) is 15.0. The van der Waals surface area contributed by atoms with Crippen LogP contribution in [-0.4, -0.2) is 46.3 Å². The van der Waals surface area contributed by atoms with Crippen LogP contribution in [0.15, 0.2) is 0 Å². The molecule has 1 rings (SSSR count). The fourth-order valence-electron chi connectivity index (χ4n) is 3.55. The molecule has 0 aliphatic carbocycles. The van der Waals surface area contributed by atoms with Gasteiger partial charge in [-0.25, -0.2) is 0 Å². The van der Waals surface area contributed by atoms with E-state index in [1.165, 1.54) is 57.8 Å². The van der Waals surface area contributed by atoms with Gasteiger partial charge < -0.3 is 10.2 Å². The molecule has 4 heteroatoms. The summed E-state index contributed by atoms with van der Waals surface area (Å²) in [6, 6.07) is -0.377. The summed E-state index contributed by atoms with van der Waals surface area (Å²) in [5.74, 6) is -0.742. The molecule has 0 aromatic carbocycles. The van der Waals surface area contributed by atoms with E-state index in [0.717, 1.165) is 32.2 Å². The van der Waals surface area contributed by atoms with Crippen LogP contribution < -0.4 is 0 Å². The second-order valence-electron chi connectivity index (χ2n) is 7.12. The molecule has 1 saturated heterocycles. The van der Waals surface area contributed by atoms with Crippen molar-refractivity contribution in [2.45, 2.75) is 103 Å². The summed E-state index contributed by atoms with van der Waals surface area (Å²) >= 11 is 0. The molecule has 136 valence electrons. The predicted octanol–water partition coefficient (Wildman–Crippen LogP) is 4.21. The van der Waals surface area contributed by atoms with Crippen LogP contribution in [0.4, 0.5) is 0 Å². The molecule has 0 radical (unpaired) electrons. The minimum Gasteiger partial charge on any atom is -0.480 e. The first kappa shape index (κ1) is 20.4. The van der Waals surface area contributed by atoms with Crippen molar-refractivity contribution in [2.24, 2.45) is 0 Å². The third-order valence-electron chi connectivity index (χ3n) is 4.98. The van der Waals surface area contributed by atoms with E-state index in [0.29, 0.717) is 6.54 Å². The van der Waals surface area contributed by atoms with Gasteiger partial charge in [0.2, 0.25) is 0 Å². The SMILES string of the molecule is CCCCCCCCCCCCC(O)CN1CCC[C@H]1C(=O)O. The third-order valence-corrected chi connectivity index (χ3v) is 4.98. The number of carboxylic acid groups (broad SMARTS) is 1. The van der Waals surface area contributed by atoms with Crippen LogP contribution in [0.2, 0.25) is 0 Å². The summed E-state index contributed by atoms with van der Waals surface area (Å²) in [6.45, 7) is 3.58. The van der Waals surface area contributed by atoms with Crippen molar-refractivity contribution in [2.75, 3.05) is 13.1 Å². The molecule has 0 aromatic rings. The molecule has 4 nitrogen and oxygen atoms in total. The lowest BCUT2D eigenvalue weighted by atomic mass is 10.0. The molecule has 23 heavy (non-hydrogen) atoms. The number of hydrogen-bond donors (Lipinski definition) is 2. The number of carbonyl (C=O) groups is 1. The maximum atomic E-state index is 11.1. The second kappa shape index (κ2) is 12.8. The smallest absolute Gasteiger partial charge is 0.320 e. The summed E-state index contributed by atoms with van der Waals surface area (Å²) in [4.78, 5) is 13.0. The van der Waals surface area contributed by atoms with E-state index in [1.54, 1.807) is 0 Å². The summed E-state index contributed by atoms with van der Waals surface area (Å²) < 4.78 is 0. The monoisotopic (exact) mass is 327 g/mol. The van der Waals surface area contributed by atoms with Crippen LogP contribution in [0, 0.1) is 0 Å². The Bertz CT molecular complexity index is 309. The lowest BCUT2D eigenvalue weighted by Crippen LogP contribution is -2.40. The van der Waals surface area contributed by atoms with E-state index in [9.17, 15) is 9.90 Å². The van der Waals surface area contributed by atoms with Gasteiger partial charge in [0.05, 0.1) is 6.10 Å². The second-order valence-corrected chi connectivity index (χ2v) is 7.12. The van der Waals surface area contributed by atoms with Crippen molar-refractivity contribution in [3.8, 4) is 0 Å². The Morgan fingerprint density at radius 1 is 1.04 bits per heavy atom. The lowest BCUT2D eigenvalue weighted by molar-refractivity contribution is -0.142. The number of β-amino-alcohol motifs (C(OH)–C–C–N with tert-alkyl or cyclic N) is 1. The molecule has 0 amide bonds. The van der Waals surface area contributed by atoms with Gasteiger partial charge in [0.15, 0.2) is 0 Å². The number of hydrogen-bond acceptors (Lipinski definition) is 3. The summed E-state index contributed by atoms with van der Waals surface area (Å²) in [6.07, 6.45) is 15.1. The van der Waals surface area contributed by atoms with E-state index in [4.69, 9.17) is 5.11 Å². The fraction of sp³-hybridized carbons (Fsp3) is 0.947. The normalized spacial score (nSPS) is 20.0. The van der Waals surface area contributed by atoms with E-state index in [-0.39, 0.29) is 12.1 Å². The molecule has 1 heterocycles. The Hall–Kier alpha value is -0.610. The first-order chi connectivity index (χ1) is 11.1. The molecule has 0 bridgehead atoms. The van der Waals surface area contributed by atoms with Gasteiger partial charge in [0.25, 0.3) is 0 Å². The van der Waals surface area contributed by atoms with Gasteiger partial charge in [-0.2, -0.15) is 0 Å². The zero-order chi connectivity index (χ0) is 16.9. The largest absolute Gasteiger partial charge is 0.480 e. The standard InChI is InChI=1S/C19H37NO3/c1-2-3-4-5-6-7-8-9-10-11-13-17(21)16-20-15-12-14-18(20)19(22)23/h17-18,21H,2-16H2,1H3,(H,22,23)/t17?,18-/m0/s1. The lowest BCUT2D eigenvalue weighted by Gasteiger charge is -2.23. The van der Waals surface area contributed by atoms with Gasteiger partial charge >= 0.3 is 5.97 Å². The highest BCUT2D eigenvalue weighted by atomic mass is 16.4. The minimum absolute atomic E-state index is 0.371. The van der Waals surface area contributed by atoms with E-state index in [1.807, 2.05) is 4.90 Å². The van der Waals surface area contributed by atoms with E-state index >= 15 is 0 Å². The predicted molar refractivity (Wildman–Crippen MR) is 94.7 cm³/mol. The Morgan fingerprint density at radius 3 is 2.17 bits per heavy atom. The van der Waals surface area contributed by atoms with Gasteiger partial charge in [-0.05, 0) is 25.8 Å². The molecule has 1 unspecified atom stereocenters. The van der Waals surface area contributed by atoms with Crippen molar-refractivity contribution in [1.29, 1.82) is 0 Å². The number of nitrogens with zero attached hydrogens (tertiary/aromatic N) is 1. The van der Waals surface area contributed by atoms with Crippen LogP contribution in [-0.2, 0) is 4.79 Å². The maximum absolute atomic E-state index is 11.1. The van der Waals surface area contributed by atoms with Crippen LogP contribution >= 0.6 is 0 Å². The quantitative estimate of drug-likeness (QED) is 0.469. The number of likely N-dealkylation sites (tertiary alicyclic amines) is 1. The van der Waals surface area contributed by atoms with Gasteiger partial charge in [-0.15, -0.1) is 0 Å². The minimum atomic E-state index is -0.742. The van der Waals surface area contributed by atoms with Crippen molar-refractivity contribution < 1.29 is 15.0 Å². The summed E-state index contributed by atoms with van der Waals surface area (Å²) in [5, 5.41) is 19.2. The molecule has 0 spiro atoms. The number of aliphatic hydroxyl groups is 1. The van der Waals surface area contributed by atoms with Gasteiger partial charge in [0.1, 0.15) is 6.04 Å². The number of aliphatic hydroxyl groups excluding tert-OH is 1. The van der Waals surface area contributed by atoms with Crippen molar-refractivity contribution in [3.63, 3.8) is 0 Å². The number of carboxylic acids is 1. The Morgan fingerprint density at radius 2 is 1.61 bits per heavy atom. The highest BCUT2D eigenvalue weighted by molar-refractivity contribution is 5.73. The van der Waals surface area contributed by atoms with Crippen LogP contribution in [0.1, 0.15) is 90.4 Å². The highest BCUT2D eigenvalue weighted by Crippen LogP contribution is 2.19. The van der Waals surface area contributed by atoms with Gasteiger partial charge in [-0.3, -0.25) is 9.69 Å². The van der Waals surface area contributed by atoms with Gasteiger partial charge in [0, 0.05) is 6.54 Å². The molecule has 0 aromatic heterocycles. The fourth-order valence-corrected chi connectivity index (χ4v) is 3.55. The first-order valence-corrected chi connectivity index (χ1v) is 9.80. The molecule has 1 aliphatic rings. The molecular weight excluding hydrogens is 290 g/mol. The molecular formula is C19H37NO3. The van der Waals surface area contributed by atoms with Crippen molar-refractivity contribution in [1.82, 2.24) is 4.90 Å². The molecule has 0 saturated carbocycles. The Labute approximate surface area is 142 Å². The van der Waals surface area contributed by atoms with E-state index < -0.39 is 5.97 Å². The topological polar surface area (TPSA) is 60.8 Å². The average molecular weight is 328 g/mol. The third kappa shape index (κ3) is 9.31. The van der Waals surface area contributed by atoms with Crippen molar-refractivity contribution in [3.05, 3.63) is 0 Å². The molecule has 1 fully saturated rings. The van der Waals surface area contributed by atoms with Crippen molar-refractivity contribution >= 4 is 5.97 Å². The Balaban J connectivity index is 1.94.